The SMILES string of the molecule is COCCN(CCN)C1CCOC2(CCOCC2)C1. The van der Waals surface area contributed by atoms with Gasteiger partial charge in [-0.3, -0.25) is 4.90 Å². The van der Waals surface area contributed by atoms with Gasteiger partial charge in [0.15, 0.2) is 0 Å². The zero-order valence-corrected chi connectivity index (χ0v) is 12.1. The van der Waals surface area contributed by atoms with Gasteiger partial charge < -0.3 is 19.9 Å². The van der Waals surface area contributed by atoms with Crippen molar-refractivity contribution >= 4 is 0 Å². The predicted octanol–water partition coefficient (Wildman–Crippen LogP) is 0.622. The summed E-state index contributed by atoms with van der Waals surface area (Å²) >= 11 is 0. The summed E-state index contributed by atoms with van der Waals surface area (Å²) in [7, 11) is 1.75. The van der Waals surface area contributed by atoms with Gasteiger partial charge in [-0.25, -0.2) is 0 Å². The van der Waals surface area contributed by atoms with E-state index in [-0.39, 0.29) is 5.60 Å². The molecule has 0 aromatic rings. The monoisotopic (exact) mass is 272 g/mol. The molecule has 1 atom stereocenters. The average Bonchev–Trinajstić information content (AvgIpc) is 2.44. The lowest BCUT2D eigenvalue weighted by Gasteiger charge is -2.46. The Hall–Kier alpha value is -0.200. The molecule has 19 heavy (non-hydrogen) atoms. The highest BCUT2D eigenvalue weighted by molar-refractivity contribution is 4.92. The van der Waals surface area contributed by atoms with Crippen molar-refractivity contribution in [2.45, 2.75) is 37.3 Å². The van der Waals surface area contributed by atoms with Crippen molar-refractivity contribution < 1.29 is 14.2 Å². The van der Waals surface area contributed by atoms with E-state index in [1.807, 2.05) is 0 Å². The maximum absolute atomic E-state index is 6.10. The molecule has 0 aromatic carbocycles. The molecule has 0 radical (unpaired) electrons. The number of hydrogen-bond donors (Lipinski definition) is 1. The second kappa shape index (κ2) is 7.55. The molecule has 0 aliphatic carbocycles. The van der Waals surface area contributed by atoms with Crippen LogP contribution in [0.3, 0.4) is 0 Å². The van der Waals surface area contributed by atoms with Gasteiger partial charge in [0.25, 0.3) is 0 Å². The van der Waals surface area contributed by atoms with Gasteiger partial charge in [0, 0.05) is 52.6 Å². The third kappa shape index (κ3) is 4.13. The molecule has 0 aromatic heterocycles. The van der Waals surface area contributed by atoms with Crippen LogP contribution in [0.25, 0.3) is 0 Å². The van der Waals surface area contributed by atoms with Crippen LogP contribution in [0.2, 0.25) is 0 Å². The molecule has 1 spiro atoms. The minimum Gasteiger partial charge on any atom is -0.383 e. The van der Waals surface area contributed by atoms with Crippen LogP contribution in [-0.2, 0) is 14.2 Å². The number of methoxy groups -OCH3 is 1. The Bertz CT molecular complexity index is 252. The molecule has 0 saturated carbocycles. The minimum atomic E-state index is 0.0566. The van der Waals surface area contributed by atoms with Gasteiger partial charge in [-0.1, -0.05) is 0 Å². The first kappa shape index (κ1) is 15.2. The Labute approximate surface area is 116 Å². The van der Waals surface area contributed by atoms with Crippen LogP contribution < -0.4 is 5.73 Å². The number of ether oxygens (including phenoxy) is 3. The van der Waals surface area contributed by atoms with E-state index in [1.54, 1.807) is 7.11 Å². The van der Waals surface area contributed by atoms with Crippen molar-refractivity contribution in [3.8, 4) is 0 Å². The van der Waals surface area contributed by atoms with Crippen LogP contribution in [0.5, 0.6) is 0 Å². The van der Waals surface area contributed by atoms with Gasteiger partial charge in [-0.2, -0.15) is 0 Å². The highest BCUT2D eigenvalue weighted by atomic mass is 16.5. The van der Waals surface area contributed by atoms with Crippen molar-refractivity contribution in [3.05, 3.63) is 0 Å². The van der Waals surface area contributed by atoms with Gasteiger partial charge in [-0.15, -0.1) is 0 Å². The lowest BCUT2D eigenvalue weighted by atomic mass is 9.83. The van der Waals surface area contributed by atoms with E-state index >= 15 is 0 Å². The summed E-state index contributed by atoms with van der Waals surface area (Å²) in [6.07, 6.45) is 4.28. The van der Waals surface area contributed by atoms with E-state index in [0.29, 0.717) is 12.6 Å². The fourth-order valence-electron chi connectivity index (χ4n) is 3.26. The summed E-state index contributed by atoms with van der Waals surface area (Å²) in [5.41, 5.74) is 5.80. The Morgan fingerprint density at radius 3 is 2.74 bits per heavy atom. The number of hydrogen-bond acceptors (Lipinski definition) is 5. The molecule has 112 valence electrons. The summed E-state index contributed by atoms with van der Waals surface area (Å²) in [6, 6.07) is 0.575. The quantitative estimate of drug-likeness (QED) is 0.768. The summed E-state index contributed by atoms with van der Waals surface area (Å²) in [5.74, 6) is 0. The van der Waals surface area contributed by atoms with Crippen molar-refractivity contribution in [2.24, 2.45) is 5.73 Å². The minimum absolute atomic E-state index is 0.0566. The van der Waals surface area contributed by atoms with E-state index in [0.717, 1.165) is 65.2 Å². The van der Waals surface area contributed by atoms with Gasteiger partial charge in [-0.05, 0) is 25.7 Å². The van der Waals surface area contributed by atoms with Gasteiger partial charge in [0.05, 0.1) is 12.2 Å². The molecule has 2 N–H and O–H groups in total. The average molecular weight is 272 g/mol. The molecule has 2 aliphatic rings. The van der Waals surface area contributed by atoms with Crippen molar-refractivity contribution in [2.75, 3.05) is 53.2 Å². The molecule has 2 heterocycles. The smallest absolute Gasteiger partial charge is 0.0741 e. The molecular formula is C14H28N2O3. The summed E-state index contributed by atoms with van der Waals surface area (Å²) in [6.45, 7) is 5.91. The number of nitrogens with zero attached hydrogens (tertiary/aromatic N) is 1. The normalized spacial score (nSPS) is 27.0. The molecule has 2 rings (SSSR count). The Morgan fingerprint density at radius 2 is 2.05 bits per heavy atom. The predicted molar refractivity (Wildman–Crippen MR) is 74.3 cm³/mol. The first-order valence-electron chi connectivity index (χ1n) is 7.44. The van der Waals surface area contributed by atoms with Crippen LogP contribution in [0.4, 0.5) is 0 Å². The lowest BCUT2D eigenvalue weighted by molar-refractivity contribution is -0.151. The number of nitrogens with two attached hydrogens (primary N) is 1. The topological polar surface area (TPSA) is 57.0 Å². The van der Waals surface area contributed by atoms with E-state index in [1.165, 1.54) is 0 Å². The second-order valence-corrected chi connectivity index (χ2v) is 5.61. The third-order valence-corrected chi connectivity index (χ3v) is 4.39. The maximum Gasteiger partial charge on any atom is 0.0741 e. The van der Waals surface area contributed by atoms with Gasteiger partial charge >= 0.3 is 0 Å². The lowest BCUT2D eigenvalue weighted by Crippen LogP contribution is -2.52. The highest BCUT2D eigenvalue weighted by Crippen LogP contribution is 2.35. The first-order valence-corrected chi connectivity index (χ1v) is 7.44. The van der Waals surface area contributed by atoms with Crippen LogP contribution in [0.15, 0.2) is 0 Å². The molecule has 2 fully saturated rings. The molecule has 2 saturated heterocycles. The van der Waals surface area contributed by atoms with Crippen LogP contribution in [-0.4, -0.2) is 69.7 Å². The van der Waals surface area contributed by atoms with Crippen molar-refractivity contribution in [1.29, 1.82) is 0 Å². The summed E-state index contributed by atoms with van der Waals surface area (Å²) in [4.78, 5) is 2.48. The standard InChI is InChI=1S/C14H28N2O3/c1-17-11-7-16(6-5-15)13-2-8-19-14(12-13)3-9-18-10-4-14/h13H,2-12,15H2,1H3. The molecule has 5 nitrogen and oxygen atoms in total. The molecular weight excluding hydrogens is 244 g/mol. The van der Waals surface area contributed by atoms with E-state index in [9.17, 15) is 0 Å². The van der Waals surface area contributed by atoms with E-state index in [4.69, 9.17) is 19.9 Å². The second-order valence-electron chi connectivity index (χ2n) is 5.61. The Kier molecular flexibility index (Phi) is 6.04. The number of rotatable bonds is 6. The zero-order valence-electron chi connectivity index (χ0n) is 12.1. The molecule has 1 unspecified atom stereocenters. The van der Waals surface area contributed by atoms with Crippen molar-refractivity contribution in [1.82, 2.24) is 4.90 Å². The third-order valence-electron chi connectivity index (χ3n) is 4.39. The first-order chi connectivity index (χ1) is 9.29. The van der Waals surface area contributed by atoms with Crippen molar-refractivity contribution in [3.63, 3.8) is 0 Å². The van der Waals surface area contributed by atoms with Gasteiger partial charge in [0.2, 0.25) is 0 Å². The van der Waals surface area contributed by atoms with Gasteiger partial charge in [0.1, 0.15) is 0 Å². The fraction of sp³-hybridized carbons (Fsp3) is 1.00. The maximum atomic E-state index is 6.10. The molecule has 5 heteroatoms. The van der Waals surface area contributed by atoms with Crippen LogP contribution in [0, 0.1) is 0 Å². The van der Waals surface area contributed by atoms with E-state index in [2.05, 4.69) is 4.90 Å². The molecule has 0 bridgehead atoms. The summed E-state index contributed by atoms with van der Waals surface area (Å²) < 4.78 is 16.8. The molecule has 2 aliphatic heterocycles. The molecule has 0 amide bonds. The Morgan fingerprint density at radius 1 is 1.26 bits per heavy atom. The Balaban J connectivity index is 1.93. The summed E-state index contributed by atoms with van der Waals surface area (Å²) in [5, 5.41) is 0. The van der Waals surface area contributed by atoms with Crippen LogP contribution >= 0.6 is 0 Å². The zero-order chi connectivity index (χ0) is 13.6. The van der Waals surface area contributed by atoms with E-state index < -0.39 is 0 Å². The van der Waals surface area contributed by atoms with Crippen LogP contribution in [0.1, 0.15) is 25.7 Å². The largest absolute Gasteiger partial charge is 0.383 e. The fourth-order valence-corrected chi connectivity index (χ4v) is 3.26. The highest BCUT2D eigenvalue weighted by Gasteiger charge is 2.40.